The number of nitro groups is 1. The SMILES string of the molecule is COS(=O)(=O)[O-].C[N+]1(CCNc2nn3ccccc3c2[N+](=O)[O-])CCOCC1. The first-order valence-electron chi connectivity index (χ1n) is 8.43. The summed E-state index contributed by atoms with van der Waals surface area (Å²) in [5, 5.41) is 18.7. The van der Waals surface area contributed by atoms with Gasteiger partial charge in [0.25, 0.3) is 0 Å². The van der Waals surface area contributed by atoms with Gasteiger partial charge in [0.15, 0.2) is 0 Å². The number of hydrogen-bond donors (Lipinski definition) is 1. The summed E-state index contributed by atoms with van der Waals surface area (Å²) in [5.74, 6) is 0.330. The van der Waals surface area contributed by atoms with Crippen LogP contribution in [0.2, 0.25) is 0 Å². The summed E-state index contributed by atoms with van der Waals surface area (Å²) in [6, 6.07) is 5.27. The first-order chi connectivity index (χ1) is 13.2. The first-order valence-corrected chi connectivity index (χ1v) is 9.77. The lowest BCUT2D eigenvalue weighted by Crippen LogP contribution is -2.53. The fraction of sp³-hybridized carbons (Fsp3) is 0.533. The van der Waals surface area contributed by atoms with Gasteiger partial charge < -0.3 is 19.1 Å². The van der Waals surface area contributed by atoms with Crippen LogP contribution >= 0.6 is 0 Å². The molecule has 13 heteroatoms. The van der Waals surface area contributed by atoms with Crippen LogP contribution in [0, 0.1) is 10.1 Å². The second-order valence-corrected chi connectivity index (χ2v) is 7.54. The lowest BCUT2D eigenvalue weighted by molar-refractivity contribution is -0.915. The number of rotatable bonds is 6. The van der Waals surface area contributed by atoms with Gasteiger partial charge in [0.1, 0.15) is 18.6 Å². The molecule has 0 spiro atoms. The van der Waals surface area contributed by atoms with Crippen LogP contribution in [0.4, 0.5) is 11.5 Å². The summed E-state index contributed by atoms with van der Waals surface area (Å²) in [7, 11) is -1.42. The fourth-order valence-electron chi connectivity index (χ4n) is 2.74. The summed E-state index contributed by atoms with van der Waals surface area (Å²) in [6.45, 7) is 5.00. The highest BCUT2D eigenvalue weighted by molar-refractivity contribution is 7.80. The lowest BCUT2D eigenvalue weighted by atomic mass is 10.3. The van der Waals surface area contributed by atoms with Crippen molar-refractivity contribution in [1.29, 1.82) is 0 Å². The van der Waals surface area contributed by atoms with Gasteiger partial charge in [0, 0.05) is 6.20 Å². The van der Waals surface area contributed by atoms with E-state index < -0.39 is 10.4 Å². The summed E-state index contributed by atoms with van der Waals surface area (Å²) in [5.41, 5.74) is 0.534. The number of ether oxygens (including phenoxy) is 1. The van der Waals surface area contributed by atoms with Gasteiger partial charge in [-0.3, -0.25) is 14.3 Å². The van der Waals surface area contributed by atoms with Crippen LogP contribution in [-0.4, -0.2) is 85.5 Å². The third-order valence-electron chi connectivity index (χ3n) is 4.40. The molecule has 0 aromatic carbocycles. The fourth-order valence-corrected chi connectivity index (χ4v) is 2.74. The van der Waals surface area contributed by atoms with Gasteiger partial charge in [-0.2, -0.15) is 0 Å². The van der Waals surface area contributed by atoms with Gasteiger partial charge >= 0.3 is 5.69 Å². The molecule has 156 valence electrons. The van der Waals surface area contributed by atoms with E-state index in [1.54, 1.807) is 24.4 Å². The molecule has 0 unspecified atom stereocenters. The van der Waals surface area contributed by atoms with Gasteiger partial charge in [-0.05, 0) is 12.1 Å². The molecule has 1 N–H and O–H groups in total. The third kappa shape index (κ3) is 6.10. The molecule has 0 radical (unpaired) electrons. The molecule has 0 atom stereocenters. The summed E-state index contributed by atoms with van der Waals surface area (Å²) in [4.78, 5) is 10.9. The number of morpholine rings is 1. The summed E-state index contributed by atoms with van der Waals surface area (Å²) >= 11 is 0. The predicted molar refractivity (Wildman–Crippen MR) is 98.6 cm³/mol. The standard InChI is InChI=1S/C14H20N5O3.CH4O4S/c1-19(8-10-22-11-9-19)7-5-15-14-13(18(20)21)12-4-2-3-6-17(12)16-14;1-5-6(2,3)4/h2-4,6H,5,7-11H2,1H3,(H,15,16);1H3,(H,2,3,4)/q+1;/p-1. The molecule has 1 aliphatic rings. The minimum Gasteiger partial charge on any atom is -0.726 e. The zero-order valence-electron chi connectivity index (χ0n) is 15.6. The van der Waals surface area contributed by atoms with Gasteiger partial charge in [-0.1, -0.05) is 6.07 Å². The van der Waals surface area contributed by atoms with E-state index in [0.29, 0.717) is 17.9 Å². The minimum absolute atomic E-state index is 0.0326. The zero-order chi connectivity index (χ0) is 20.8. The number of pyridine rings is 1. The van der Waals surface area contributed by atoms with E-state index in [2.05, 4.69) is 21.6 Å². The number of likely N-dealkylation sites (N-methyl/N-ethyl adjacent to an activating group) is 1. The Labute approximate surface area is 162 Å². The molecule has 1 fully saturated rings. The number of anilines is 1. The van der Waals surface area contributed by atoms with E-state index in [9.17, 15) is 23.1 Å². The maximum atomic E-state index is 11.3. The Bertz CT molecular complexity index is 909. The molecule has 0 saturated carbocycles. The average molecular weight is 417 g/mol. The molecular formula is C15H23N5O7S. The van der Waals surface area contributed by atoms with Crippen molar-refractivity contribution in [2.24, 2.45) is 0 Å². The molecule has 1 saturated heterocycles. The second kappa shape index (κ2) is 9.25. The maximum absolute atomic E-state index is 11.3. The van der Waals surface area contributed by atoms with E-state index in [-0.39, 0.29) is 10.6 Å². The Balaban J connectivity index is 0.000000409. The molecule has 2 aromatic rings. The minimum atomic E-state index is -4.41. The largest absolute Gasteiger partial charge is 0.726 e. The van der Waals surface area contributed by atoms with E-state index in [4.69, 9.17) is 4.74 Å². The van der Waals surface area contributed by atoms with E-state index >= 15 is 0 Å². The van der Waals surface area contributed by atoms with Crippen LogP contribution in [0.3, 0.4) is 0 Å². The molecule has 12 nitrogen and oxygen atoms in total. The van der Waals surface area contributed by atoms with Crippen LogP contribution < -0.4 is 5.32 Å². The van der Waals surface area contributed by atoms with Crippen molar-refractivity contribution in [3.05, 3.63) is 34.5 Å². The Morgan fingerprint density at radius 2 is 2.04 bits per heavy atom. The average Bonchev–Trinajstić information content (AvgIpc) is 3.00. The van der Waals surface area contributed by atoms with Crippen LogP contribution in [0.15, 0.2) is 24.4 Å². The Hall–Kier alpha value is -2.32. The molecule has 0 aliphatic carbocycles. The first kappa shape index (κ1) is 22.0. The van der Waals surface area contributed by atoms with Crippen molar-refractivity contribution in [3.8, 4) is 0 Å². The van der Waals surface area contributed by atoms with Gasteiger partial charge in [-0.15, -0.1) is 5.10 Å². The number of hydrogen-bond acceptors (Lipinski definition) is 9. The normalized spacial score (nSPS) is 16.2. The quantitative estimate of drug-likeness (QED) is 0.229. The second-order valence-electron chi connectivity index (χ2n) is 6.39. The smallest absolute Gasteiger partial charge is 0.338 e. The van der Waals surface area contributed by atoms with Crippen molar-refractivity contribution in [2.75, 3.05) is 58.9 Å². The molecule has 0 amide bonds. The Kier molecular flexibility index (Phi) is 7.26. The Morgan fingerprint density at radius 3 is 2.61 bits per heavy atom. The van der Waals surface area contributed by atoms with Crippen LogP contribution in [0.1, 0.15) is 0 Å². The number of aromatic nitrogens is 2. The van der Waals surface area contributed by atoms with Gasteiger partial charge in [0.2, 0.25) is 16.2 Å². The van der Waals surface area contributed by atoms with Crippen LogP contribution in [0.25, 0.3) is 5.52 Å². The molecular weight excluding hydrogens is 394 g/mol. The predicted octanol–water partition coefficient (Wildman–Crippen LogP) is 0.224. The monoisotopic (exact) mass is 417 g/mol. The third-order valence-corrected chi connectivity index (χ3v) is 4.80. The van der Waals surface area contributed by atoms with Gasteiger partial charge in [0.05, 0.1) is 45.4 Å². The molecule has 3 heterocycles. The lowest BCUT2D eigenvalue weighted by Gasteiger charge is -2.37. The molecule has 28 heavy (non-hydrogen) atoms. The van der Waals surface area contributed by atoms with E-state index in [1.807, 2.05) is 0 Å². The Morgan fingerprint density at radius 1 is 1.39 bits per heavy atom. The highest BCUT2D eigenvalue weighted by Crippen LogP contribution is 2.28. The molecule has 1 aliphatic heterocycles. The number of quaternary nitrogens is 1. The summed E-state index contributed by atoms with van der Waals surface area (Å²) < 4.78 is 38.8. The van der Waals surface area contributed by atoms with Crippen molar-refractivity contribution < 1.29 is 31.3 Å². The number of nitrogens with one attached hydrogen (secondary N) is 1. The topological polar surface area (TPSA) is 148 Å². The van der Waals surface area contributed by atoms with Crippen molar-refractivity contribution in [2.45, 2.75) is 0 Å². The number of nitrogens with zero attached hydrogens (tertiary/aromatic N) is 4. The van der Waals surface area contributed by atoms with Gasteiger partial charge in [-0.25, -0.2) is 12.9 Å². The number of fused-ring (bicyclic) bond motifs is 1. The zero-order valence-corrected chi connectivity index (χ0v) is 16.4. The van der Waals surface area contributed by atoms with Crippen LogP contribution in [-0.2, 0) is 19.3 Å². The summed E-state index contributed by atoms with van der Waals surface area (Å²) in [6.07, 6.45) is 1.71. The maximum Gasteiger partial charge on any atom is 0.338 e. The van der Waals surface area contributed by atoms with Crippen LogP contribution in [0.5, 0.6) is 0 Å². The molecule has 0 bridgehead atoms. The van der Waals surface area contributed by atoms with Crippen molar-refractivity contribution >= 4 is 27.4 Å². The highest BCUT2D eigenvalue weighted by Gasteiger charge is 2.26. The van der Waals surface area contributed by atoms with E-state index in [0.717, 1.165) is 44.4 Å². The molecule has 3 rings (SSSR count). The van der Waals surface area contributed by atoms with E-state index in [1.165, 1.54) is 4.52 Å². The highest BCUT2D eigenvalue weighted by atomic mass is 32.3. The molecule has 2 aromatic heterocycles. The van der Waals surface area contributed by atoms with Crippen molar-refractivity contribution in [3.63, 3.8) is 0 Å². The van der Waals surface area contributed by atoms with Crippen molar-refractivity contribution in [1.82, 2.24) is 9.61 Å².